The lowest BCUT2D eigenvalue weighted by Gasteiger charge is -2.27. The predicted molar refractivity (Wildman–Crippen MR) is 270 cm³/mol. The molecule has 0 unspecified atom stereocenters. The number of hydrogen-bond donors (Lipinski definition) is 16. The first kappa shape index (κ1) is 64.9. The molecule has 9 atom stereocenters. The van der Waals surface area contributed by atoms with E-state index < -0.39 is 158 Å². The fourth-order valence-electron chi connectivity index (χ4n) is 7.31. The number of aliphatic carboxylic acids is 4. The number of unbranched alkanes of at least 4 members (excludes halogenated alkanes) is 1. The molecule has 0 saturated carbocycles. The van der Waals surface area contributed by atoms with Gasteiger partial charge in [-0.1, -0.05) is 56.3 Å². The molecule has 2 aromatic carbocycles. The van der Waals surface area contributed by atoms with Crippen LogP contribution in [0.2, 0.25) is 0 Å². The first-order chi connectivity index (χ1) is 36.2. The van der Waals surface area contributed by atoms with E-state index in [-0.39, 0.29) is 50.3 Å². The van der Waals surface area contributed by atoms with Crippen LogP contribution in [0.1, 0.15) is 83.3 Å². The van der Waals surface area contributed by atoms with E-state index in [1.807, 2.05) is 5.32 Å². The summed E-state index contributed by atoms with van der Waals surface area (Å²) in [6.07, 6.45) is -3.11. The molecule has 28 heteroatoms. The molecule has 0 heterocycles. The second-order valence-corrected chi connectivity index (χ2v) is 18.4. The molecule has 424 valence electrons. The lowest BCUT2D eigenvalue weighted by atomic mass is 10.0. The summed E-state index contributed by atoms with van der Waals surface area (Å²) in [6.45, 7) is 3.62. The van der Waals surface area contributed by atoms with Crippen LogP contribution in [-0.2, 0) is 70.4 Å². The fraction of sp³-hybridized carbons (Fsp3) is 0.510. The standard InChI is InChI=1S/C49H70N10O18/c1-25(2)19-33(56-44(71)32(16-17-38(62)63)53-42(69)30(51)20-28-12-14-29(61)15-13-28)45(72)57-35(22-39(64)65)47(74)54-31(11-7-8-18-50)43(70)52-26(3)41(68)55-34(21-27-9-5-4-6-10-27)46(73)59-37(24-60)48(75)58-36(49(76)77)23-40(66)67/h4-6,9-10,12-15,25-26,30-37,60-61H,7-8,11,16-24,50-51H2,1-3H3,(H,52,70)(H,53,69)(H,54,74)(H,55,68)(H,56,71)(H,57,72)(H,58,75)(H,59,73)(H,62,63)(H,64,65)(H,66,67)(H,76,77)/t26-,30-,31-,32-,33-,34-,35-,36-,37-/m0/s1. The molecular weight excluding hydrogens is 1020 g/mol. The number of rotatable bonds is 35. The number of phenols is 1. The highest BCUT2D eigenvalue weighted by molar-refractivity contribution is 5.99. The summed E-state index contributed by atoms with van der Waals surface area (Å²) >= 11 is 0. The second kappa shape index (κ2) is 32.9. The topological polar surface area (TPSA) is 474 Å². The van der Waals surface area contributed by atoms with Gasteiger partial charge in [0.15, 0.2) is 0 Å². The molecular formula is C49H70N10O18. The van der Waals surface area contributed by atoms with Crippen molar-refractivity contribution in [2.75, 3.05) is 13.2 Å². The van der Waals surface area contributed by atoms with E-state index in [0.717, 1.165) is 0 Å². The molecule has 2 aromatic rings. The van der Waals surface area contributed by atoms with Crippen LogP contribution in [0.25, 0.3) is 0 Å². The molecule has 0 aliphatic carbocycles. The quantitative estimate of drug-likeness (QED) is 0.0297. The lowest BCUT2D eigenvalue weighted by molar-refractivity contribution is -0.147. The van der Waals surface area contributed by atoms with Crippen molar-refractivity contribution < 1.29 is 88.2 Å². The van der Waals surface area contributed by atoms with Crippen LogP contribution in [-0.4, -0.2) is 169 Å². The Morgan fingerprint density at radius 3 is 1.49 bits per heavy atom. The number of benzene rings is 2. The summed E-state index contributed by atoms with van der Waals surface area (Å²) in [7, 11) is 0. The van der Waals surface area contributed by atoms with E-state index in [2.05, 4.69) is 37.2 Å². The smallest absolute Gasteiger partial charge is 0.326 e. The van der Waals surface area contributed by atoms with E-state index in [4.69, 9.17) is 16.6 Å². The number of carbonyl (C=O) groups is 12. The van der Waals surface area contributed by atoms with Gasteiger partial charge in [0.1, 0.15) is 54.1 Å². The van der Waals surface area contributed by atoms with Crippen molar-refractivity contribution in [2.45, 2.75) is 139 Å². The van der Waals surface area contributed by atoms with E-state index in [0.29, 0.717) is 17.5 Å². The summed E-state index contributed by atoms with van der Waals surface area (Å²) in [5.74, 6) is -15.0. The van der Waals surface area contributed by atoms with Gasteiger partial charge in [-0.05, 0) is 81.2 Å². The van der Waals surface area contributed by atoms with Crippen LogP contribution >= 0.6 is 0 Å². The van der Waals surface area contributed by atoms with Crippen LogP contribution in [0, 0.1) is 5.92 Å². The number of nitrogens with one attached hydrogen (secondary N) is 8. The minimum Gasteiger partial charge on any atom is -0.508 e. The number of amides is 8. The zero-order valence-electron chi connectivity index (χ0n) is 42.7. The van der Waals surface area contributed by atoms with Gasteiger partial charge in [-0.3, -0.25) is 52.7 Å². The molecule has 28 nitrogen and oxygen atoms in total. The number of carboxylic acids is 4. The second-order valence-electron chi connectivity index (χ2n) is 18.4. The maximum atomic E-state index is 13.9. The summed E-state index contributed by atoms with van der Waals surface area (Å²) in [5.41, 5.74) is 12.8. The Hall–Kier alpha value is -8.24. The first-order valence-corrected chi connectivity index (χ1v) is 24.4. The van der Waals surface area contributed by atoms with Gasteiger partial charge < -0.3 is 84.6 Å². The summed E-state index contributed by atoms with van der Waals surface area (Å²) in [5, 5.41) is 75.6. The van der Waals surface area contributed by atoms with E-state index in [1.165, 1.54) is 31.2 Å². The summed E-state index contributed by atoms with van der Waals surface area (Å²) in [6, 6.07) is -0.592. The molecule has 0 bridgehead atoms. The minimum atomic E-state index is -1.93. The van der Waals surface area contributed by atoms with Gasteiger partial charge in [0, 0.05) is 12.8 Å². The number of hydrogen-bond acceptors (Lipinski definition) is 16. The average Bonchev–Trinajstić information content (AvgIpc) is 3.35. The number of phenolic OH excluding ortho intramolecular Hbond substituents is 1. The number of aliphatic hydroxyl groups is 1. The normalized spacial score (nSPS) is 14.5. The van der Waals surface area contributed by atoms with Crippen molar-refractivity contribution in [1.29, 1.82) is 0 Å². The van der Waals surface area contributed by atoms with Crippen LogP contribution in [0.5, 0.6) is 5.75 Å². The maximum absolute atomic E-state index is 13.9. The molecule has 0 spiro atoms. The zero-order chi connectivity index (χ0) is 57.9. The molecule has 0 aromatic heterocycles. The van der Waals surface area contributed by atoms with Crippen molar-refractivity contribution in [3.05, 3.63) is 65.7 Å². The average molecular weight is 1090 g/mol. The van der Waals surface area contributed by atoms with E-state index >= 15 is 0 Å². The number of aromatic hydroxyl groups is 1. The third kappa shape index (κ3) is 24.3. The number of carboxylic acid groups (broad SMARTS) is 4. The van der Waals surface area contributed by atoms with Crippen LogP contribution in [0.3, 0.4) is 0 Å². The highest BCUT2D eigenvalue weighted by Gasteiger charge is 2.35. The van der Waals surface area contributed by atoms with Gasteiger partial charge >= 0.3 is 23.9 Å². The van der Waals surface area contributed by atoms with Gasteiger partial charge in [0.25, 0.3) is 0 Å². The van der Waals surface area contributed by atoms with Crippen molar-refractivity contribution in [3.63, 3.8) is 0 Å². The third-order valence-corrected chi connectivity index (χ3v) is 11.4. The van der Waals surface area contributed by atoms with Crippen LogP contribution in [0.4, 0.5) is 0 Å². The Kier molecular flexibility index (Phi) is 27.7. The number of carbonyl (C=O) groups excluding carboxylic acids is 8. The molecule has 18 N–H and O–H groups in total. The molecule has 0 fully saturated rings. The molecule has 0 radical (unpaired) electrons. The number of nitrogens with two attached hydrogens (primary N) is 2. The Balaban J connectivity index is 2.33. The Labute approximate surface area is 442 Å². The summed E-state index contributed by atoms with van der Waals surface area (Å²) in [4.78, 5) is 155. The molecule has 0 aliphatic rings. The fourth-order valence-corrected chi connectivity index (χ4v) is 7.31. The van der Waals surface area contributed by atoms with Crippen molar-refractivity contribution in [3.8, 4) is 5.75 Å². The van der Waals surface area contributed by atoms with E-state index in [9.17, 15) is 83.1 Å². The molecule has 0 saturated heterocycles. The van der Waals surface area contributed by atoms with Gasteiger partial charge in [-0.2, -0.15) is 0 Å². The monoisotopic (exact) mass is 1090 g/mol. The van der Waals surface area contributed by atoms with E-state index in [1.54, 1.807) is 44.2 Å². The van der Waals surface area contributed by atoms with Gasteiger partial charge in [-0.25, -0.2) is 4.79 Å². The van der Waals surface area contributed by atoms with Crippen LogP contribution < -0.4 is 54.0 Å². The molecule has 2 rings (SSSR count). The molecule has 77 heavy (non-hydrogen) atoms. The van der Waals surface area contributed by atoms with Gasteiger partial charge in [0.2, 0.25) is 47.3 Å². The van der Waals surface area contributed by atoms with Crippen LogP contribution in [0.15, 0.2) is 54.6 Å². The largest absolute Gasteiger partial charge is 0.508 e. The van der Waals surface area contributed by atoms with Crippen molar-refractivity contribution in [2.24, 2.45) is 17.4 Å². The predicted octanol–water partition coefficient (Wildman–Crippen LogP) is -3.53. The molecule has 0 aliphatic heterocycles. The Morgan fingerprint density at radius 2 is 0.935 bits per heavy atom. The Morgan fingerprint density at radius 1 is 0.481 bits per heavy atom. The summed E-state index contributed by atoms with van der Waals surface area (Å²) < 4.78 is 0. The third-order valence-electron chi connectivity index (χ3n) is 11.4. The highest BCUT2D eigenvalue weighted by atomic mass is 16.4. The molecule has 8 amide bonds. The van der Waals surface area contributed by atoms with Crippen molar-refractivity contribution in [1.82, 2.24) is 42.5 Å². The number of aliphatic hydroxyl groups excluding tert-OH is 1. The Bertz CT molecular complexity index is 2370. The zero-order valence-corrected chi connectivity index (χ0v) is 42.7. The maximum Gasteiger partial charge on any atom is 0.326 e. The minimum absolute atomic E-state index is 0.0337. The SMILES string of the molecule is CC(C)C[C@H](NC(=O)[C@H](CCC(=O)O)NC(=O)[C@@H](N)Cc1ccc(O)cc1)C(=O)N[C@@H](CC(=O)O)C(=O)N[C@@H](CCCCN)C(=O)N[C@@H](C)C(=O)N[C@@H](Cc1ccccc1)C(=O)N[C@@H](CO)C(=O)N[C@@H](CC(=O)O)C(=O)O. The highest BCUT2D eigenvalue weighted by Crippen LogP contribution is 2.13. The first-order valence-electron chi connectivity index (χ1n) is 24.4. The van der Waals surface area contributed by atoms with Gasteiger partial charge in [0.05, 0.1) is 25.5 Å². The van der Waals surface area contributed by atoms with Crippen molar-refractivity contribution >= 4 is 71.1 Å². The lowest BCUT2D eigenvalue weighted by Crippen LogP contribution is -2.60. The van der Waals surface area contributed by atoms with Gasteiger partial charge in [-0.15, -0.1) is 0 Å².